The van der Waals surface area contributed by atoms with Gasteiger partial charge in [0.1, 0.15) is 17.2 Å². The maximum absolute atomic E-state index is 13.8. The topological polar surface area (TPSA) is 142 Å². The molecule has 0 aromatic heterocycles. The fourth-order valence-electron chi connectivity index (χ4n) is 5.06. The van der Waals surface area contributed by atoms with Crippen molar-refractivity contribution < 1.29 is 33.8 Å². The molecule has 0 spiro atoms. The maximum atomic E-state index is 13.8. The fraction of sp³-hybridized carbons (Fsp3) is 0.393. The van der Waals surface area contributed by atoms with Crippen molar-refractivity contribution in [2.45, 2.75) is 68.3 Å². The van der Waals surface area contributed by atoms with Crippen LogP contribution in [0, 0.1) is 0 Å². The van der Waals surface area contributed by atoms with Gasteiger partial charge in [-0.05, 0) is 51.3 Å². The van der Waals surface area contributed by atoms with Gasteiger partial charge in [0.05, 0.1) is 5.69 Å². The molecule has 2 aromatic rings. The van der Waals surface area contributed by atoms with Crippen LogP contribution < -0.4 is 15.4 Å². The van der Waals surface area contributed by atoms with Crippen LogP contribution >= 0.6 is 11.8 Å². The van der Waals surface area contributed by atoms with Gasteiger partial charge in [-0.15, -0.1) is 11.8 Å². The van der Waals surface area contributed by atoms with Gasteiger partial charge in [0.15, 0.2) is 11.9 Å². The number of Topliss-reactive ketones (excluding diaryl/α,β-unsaturated/α-hetero) is 1. The van der Waals surface area contributed by atoms with E-state index in [1.54, 1.807) is 38.1 Å². The summed E-state index contributed by atoms with van der Waals surface area (Å²) < 4.78 is 5.23. The number of carbonyl (C=O) groups excluding carboxylic acids is 4. The Bertz CT molecular complexity index is 1320. The van der Waals surface area contributed by atoms with E-state index in [0.29, 0.717) is 12.1 Å². The summed E-state index contributed by atoms with van der Waals surface area (Å²) >= 11 is 1.17. The number of aliphatic carboxylic acids is 1. The Morgan fingerprint density at radius 1 is 1.05 bits per heavy atom. The lowest BCUT2D eigenvalue weighted by Gasteiger charge is -2.51. The number of carbonyl (C=O) groups is 5. The molecular weight excluding hydrogens is 522 g/mol. The number of para-hydroxylation sites is 2. The zero-order valence-electron chi connectivity index (χ0n) is 22.1. The van der Waals surface area contributed by atoms with Crippen molar-refractivity contribution in [3.8, 4) is 5.75 Å². The third-order valence-electron chi connectivity index (χ3n) is 6.95. The van der Waals surface area contributed by atoms with Crippen LogP contribution in [0.3, 0.4) is 0 Å². The monoisotopic (exact) mass is 553 g/mol. The first kappa shape index (κ1) is 28.2. The molecule has 0 bridgehead atoms. The van der Waals surface area contributed by atoms with Crippen LogP contribution in [-0.4, -0.2) is 67.3 Å². The predicted octanol–water partition coefficient (Wildman–Crippen LogP) is 2.62. The highest BCUT2D eigenvalue weighted by molar-refractivity contribution is 8.01. The highest BCUT2D eigenvalue weighted by atomic mass is 32.2. The van der Waals surface area contributed by atoms with Crippen LogP contribution in [-0.2, 0) is 30.4 Å². The lowest BCUT2D eigenvalue weighted by Crippen LogP contribution is -2.82. The van der Waals surface area contributed by atoms with Gasteiger partial charge >= 0.3 is 5.97 Å². The largest absolute Gasteiger partial charge is 0.480 e. The summed E-state index contributed by atoms with van der Waals surface area (Å²) in [6.07, 6.45) is -0.467. The first-order chi connectivity index (χ1) is 18.4. The van der Waals surface area contributed by atoms with Gasteiger partial charge in [0.25, 0.3) is 11.8 Å². The van der Waals surface area contributed by atoms with Crippen LogP contribution in [0.1, 0.15) is 39.7 Å². The molecular formula is C28H31N3O7S. The smallest absolute Gasteiger partial charge is 0.327 e. The summed E-state index contributed by atoms with van der Waals surface area (Å²) in [5.41, 5.74) is -0.583. The Morgan fingerprint density at radius 2 is 1.69 bits per heavy atom. The van der Waals surface area contributed by atoms with E-state index >= 15 is 0 Å². The average molecular weight is 554 g/mol. The molecule has 4 atom stereocenters. The molecule has 3 amide bonds. The molecule has 39 heavy (non-hydrogen) atoms. The molecule has 0 radical (unpaired) electrons. The minimum absolute atomic E-state index is 0.206. The molecule has 10 nitrogen and oxygen atoms in total. The van der Waals surface area contributed by atoms with E-state index in [0.717, 1.165) is 5.56 Å². The zero-order chi connectivity index (χ0) is 28.5. The highest BCUT2D eigenvalue weighted by Crippen LogP contribution is 2.55. The minimum atomic E-state index is -1.91. The summed E-state index contributed by atoms with van der Waals surface area (Å²) in [6, 6.07) is 15.0. The molecule has 2 aliphatic heterocycles. The van der Waals surface area contributed by atoms with Gasteiger partial charge in [0, 0.05) is 11.7 Å². The first-order valence-electron chi connectivity index (χ1n) is 12.5. The Hall–Kier alpha value is -3.86. The number of nitrogens with one attached hydrogen (secondary N) is 2. The standard InChI is InChI=1S/C28H31N3O7S/c1-16(32)28(25(37)31-22(24(35)36)27(3,4)39-26(28)31)30-23(34)21(15-14-18-10-6-5-7-11-18)38-20-13-9-8-12-19(20)29-17(2)33/h5-13,21-22,26H,14-15H2,1-4H3,(H,29,33)(H,30,34)(H,35,36)/t21?,22-,26+,28-/m0/s1. The second kappa shape index (κ2) is 10.7. The number of nitrogens with zero attached hydrogens (tertiary/aromatic N) is 1. The van der Waals surface area contributed by atoms with Crippen LogP contribution in [0.2, 0.25) is 0 Å². The van der Waals surface area contributed by atoms with Crippen molar-refractivity contribution >= 4 is 46.9 Å². The van der Waals surface area contributed by atoms with E-state index in [1.165, 1.54) is 30.5 Å². The van der Waals surface area contributed by atoms with Crippen LogP contribution in [0.25, 0.3) is 0 Å². The Kier molecular flexibility index (Phi) is 7.74. The fourth-order valence-corrected chi connectivity index (χ4v) is 6.82. The second-order valence-corrected chi connectivity index (χ2v) is 11.9. The van der Waals surface area contributed by atoms with Gasteiger partial charge in [0.2, 0.25) is 11.4 Å². The number of aryl methyl sites for hydroxylation is 1. The van der Waals surface area contributed by atoms with Gasteiger partial charge in [-0.1, -0.05) is 42.5 Å². The minimum Gasteiger partial charge on any atom is -0.480 e. The SMILES string of the molecule is CC(=O)Nc1ccccc1OC(CCc1ccccc1)C(=O)N[C@@]1(C(C)=O)C(=O)N2[C@@H](C(=O)O)C(C)(C)S[C@@H]21. The molecule has 1 unspecified atom stereocenters. The number of benzene rings is 2. The number of hydrogen-bond donors (Lipinski definition) is 3. The van der Waals surface area contributed by atoms with Crippen molar-refractivity contribution in [3.63, 3.8) is 0 Å². The number of ketones is 1. The van der Waals surface area contributed by atoms with Crippen LogP contribution in [0.15, 0.2) is 54.6 Å². The number of amides is 3. The number of carboxylic acids is 1. The van der Waals surface area contributed by atoms with E-state index in [2.05, 4.69) is 10.6 Å². The van der Waals surface area contributed by atoms with Crippen LogP contribution in [0.5, 0.6) is 5.75 Å². The summed E-state index contributed by atoms with van der Waals surface area (Å²) in [6.45, 7) is 5.95. The molecule has 0 saturated carbocycles. The third kappa shape index (κ3) is 5.23. The number of β-lactam (4-membered cyclic amide) rings is 1. The molecule has 11 heteroatoms. The van der Waals surface area contributed by atoms with E-state index in [9.17, 15) is 29.1 Å². The molecule has 4 rings (SSSR count). The molecule has 2 aliphatic rings. The number of hydrogen-bond acceptors (Lipinski definition) is 7. The van der Waals surface area contributed by atoms with Crippen molar-refractivity contribution in [2.24, 2.45) is 0 Å². The molecule has 0 aliphatic carbocycles. The Balaban J connectivity index is 1.63. The zero-order valence-corrected chi connectivity index (χ0v) is 22.9. The summed E-state index contributed by atoms with van der Waals surface area (Å²) in [5, 5.41) is 14.2. The first-order valence-corrected chi connectivity index (χ1v) is 13.4. The molecule has 206 valence electrons. The molecule has 3 N–H and O–H groups in total. The van der Waals surface area contributed by atoms with Gasteiger partial charge < -0.3 is 25.4 Å². The molecule has 2 aromatic carbocycles. The normalized spacial score (nSPS) is 23.7. The number of fused-ring (bicyclic) bond motifs is 1. The van der Waals surface area contributed by atoms with Crippen molar-refractivity contribution in [1.29, 1.82) is 0 Å². The third-order valence-corrected chi connectivity index (χ3v) is 8.59. The summed E-state index contributed by atoms with van der Waals surface area (Å²) in [5.74, 6) is -3.27. The summed E-state index contributed by atoms with van der Waals surface area (Å²) in [4.78, 5) is 64.9. The van der Waals surface area contributed by atoms with Crippen molar-refractivity contribution in [2.75, 3.05) is 5.32 Å². The molecule has 2 heterocycles. The average Bonchev–Trinajstić information content (AvgIpc) is 3.14. The van der Waals surface area contributed by atoms with E-state index in [4.69, 9.17) is 4.74 Å². The van der Waals surface area contributed by atoms with Gasteiger partial charge in [-0.2, -0.15) is 0 Å². The number of carboxylic acid groups (broad SMARTS) is 1. The van der Waals surface area contributed by atoms with Crippen LogP contribution in [0.4, 0.5) is 5.69 Å². The maximum Gasteiger partial charge on any atom is 0.327 e. The van der Waals surface area contributed by atoms with E-state index in [-0.39, 0.29) is 18.1 Å². The Morgan fingerprint density at radius 3 is 2.31 bits per heavy atom. The van der Waals surface area contributed by atoms with E-state index in [1.807, 2.05) is 30.3 Å². The van der Waals surface area contributed by atoms with Crippen molar-refractivity contribution in [3.05, 3.63) is 60.2 Å². The predicted molar refractivity (Wildman–Crippen MR) is 145 cm³/mol. The quantitative estimate of drug-likeness (QED) is 0.301. The second-order valence-electron chi connectivity index (χ2n) is 10.2. The molecule has 2 saturated heterocycles. The highest BCUT2D eigenvalue weighted by Gasteiger charge is 2.74. The lowest BCUT2D eigenvalue weighted by atomic mass is 9.81. The molecule has 2 fully saturated rings. The number of anilines is 1. The van der Waals surface area contributed by atoms with Crippen molar-refractivity contribution in [1.82, 2.24) is 10.2 Å². The van der Waals surface area contributed by atoms with Gasteiger partial charge in [-0.3, -0.25) is 19.2 Å². The van der Waals surface area contributed by atoms with Gasteiger partial charge in [-0.25, -0.2) is 4.79 Å². The number of thioether (sulfide) groups is 1. The summed E-state index contributed by atoms with van der Waals surface area (Å²) in [7, 11) is 0. The number of ether oxygens (including phenoxy) is 1. The number of rotatable bonds is 10. The lowest BCUT2D eigenvalue weighted by molar-refractivity contribution is -0.172. The Labute approximate surface area is 230 Å². The van der Waals surface area contributed by atoms with E-state index < -0.39 is 51.4 Å².